The third-order valence-corrected chi connectivity index (χ3v) is 4.40. The van der Waals surface area contributed by atoms with Crippen molar-refractivity contribution in [1.82, 2.24) is 0 Å². The number of furan rings is 1. The van der Waals surface area contributed by atoms with E-state index in [0.717, 1.165) is 0 Å². The largest absolute Gasteiger partial charge is 0.534 e. The van der Waals surface area contributed by atoms with E-state index < -0.39 is 21.0 Å². The maximum Gasteiger partial charge on any atom is 0.534 e. The van der Waals surface area contributed by atoms with Gasteiger partial charge in [-0.25, -0.2) is 0 Å². The molecule has 0 amide bonds. The van der Waals surface area contributed by atoms with Crippen molar-refractivity contribution in [2.24, 2.45) is 0 Å². The second kappa shape index (κ2) is 5.08. The monoisotopic (exact) mass is 324 g/mol. The first kappa shape index (κ1) is 15.9. The van der Waals surface area contributed by atoms with Crippen molar-refractivity contribution in [2.45, 2.75) is 44.0 Å². The van der Waals surface area contributed by atoms with Crippen LogP contribution in [0, 0.1) is 6.92 Å². The van der Waals surface area contributed by atoms with Gasteiger partial charge in [-0.3, -0.25) is 0 Å². The van der Waals surface area contributed by atoms with E-state index in [4.69, 9.17) is 4.42 Å². The molecule has 2 rings (SSSR count). The zero-order valence-corrected chi connectivity index (χ0v) is 12.3. The lowest BCUT2D eigenvalue weighted by molar-refractivity contribution is -0.0524. The molecule has 0 N–H and O–H groups in total. The molecule has 1 aromatic heterocycles. The Balaban J connectivity index is 2.30. The maximum absolute atomic E-state index is 12.3. The smallest absolute Gasteiger partial charge is 0.465 e. The average Bonchev–Trinajstić information content (AvgIpc) is 2.74. The minimum atomic E-state index is -5.62. The van der Waals surface area contributed by atoms with Gasteiger partial charge < -0.3 is 8.60 Å². The van der Waals surface area contributed by atoms with Gasteiger partial charge in [-0.1, -0.05) is 0 Å². The van der Waals surface area contributed by atoms with Crippen molar-refractivity contribution in [1.29, 1.82) is 0 Å². The fraction of sp³-hybridized carbons (Fsp3) is 0.538. The summed E-state index contributed by atoms with van der Waals surface area (Å²) in [4.78, 5) is 0. The Morgan fingerprint density at radius 2 is 2.00 bits per heavy atom. The van der Waals surface area contributed by atoms with Gasteiger partial charge in [0, 0.05) is 11.8 Å². The molecular formula is C13H15F3O4S. The number of aryl methyl sites for hydroxylation is 1. The third kappa shape index (κ3) is 3.25. The molecule has 21 heavy (non-hydrogen) atoms. The Labute approximate surface area is 120 Å². The summed E-state index contributed by atoms with van der Waals surface area (Å²) in [5.41, 5.74) is -6.11. The summed E-state index contributed by atoms with van der Waals surface area (Å²) in [5, 5.41) is 0. The summed E-state index contributed by atoms with van der Waals surface area (Å²) in [6.07, 6.45) is 2.69. The molecule has 1 atom stereocenters. The highest BCUT2D eigenvalue weighted by molar-refractivity contribution is 7.87. The van der Waals surface area contributed by atoms with Crippen molar-refractivity contribution >= 4 is 10.1 Å². The minimum absolute atomic E-state index is 0.143. The van der Waals surface area contributed by atoms with Crippen molar-refractivity contribution in [3.8, 4) is 0 Å². The minimum Gasteiger partial charge on any atom is -0.465 e. The van der Waals surface area contributed by atoms with E-state index in [1.54, 1.807) is 26.0 Å². The quantitative estimate of drug-likeness (QED) is 0.627. The van der Waals surface area contributed by atoms with E-state index in [-0.39, 0.29) is 12.2 Å². The fourth-order valence-electron chi connectivity index (χ4n) is 2.32. The lowest BCUT2D eigenvalue weighted by Gasteiger charge is -2.29. The first-order valence-corrected chi connectivity index (χ1v) is 7.74. The lowest BCUT2D eigenvalue weighted by Crippen LogP contribution is -2.28. The molecule has 1 aliphatic rings. The summed E-state index contributed by atoms with van der Waals surface area (Å²) < 4.78 is 68.9. The summed E-state index contributed by atoms with van der Waals surface area (Å²) >= 11 is 0. The standard InChI is InChI=1S/C13H15F3O4S/c1-9-5-6-11(19-9)12(2)7-3-4-10(8-12)20-21(17,18)13(14,15)16/h5-6,8H,3-4,7H2,1-2H3. The second-order valence-electron chi connectivity index (χ2n) is 5.28. The molecule has 0 spiro atoms. The molecular weight excluding hydrogens is 309 g/mol. The lowest BCUT2D eigenvalue weighted by atomic mass is 9.78. The number of halogens is 3. The summed E-state index contributed by atoms with van der Waals surface area (Å²) in [7, 11) is -5.62. The summed E-state index contributed by atoms with van der Waals surface area (Å²) in [5.74, 6) is 1.05. The molecule has 0 bridgehead atoms. The van der Waals surface area contributed by atoms with Crippen LogP contribution >= 0.6 is 0 Å². The Kier molecular flexibility index (Phi) is 3.86. The van der Waals surface area contributed by atoms with Crippen LogP contribution in [0.2, 0.25) is 0 Å². The van der Waals surface area contributed by atoms with Gasteiger partial charge in [0.25, 0.3) is 0 Å². The Hall–Kier alpha value is -1.44. The van der Waals surface area contributed by atoms with Gasteiger partial charge in [-0.15, -0.1) is 0 Å². The van der Waals surface area contributed by atoms with Crippen molar-refractivity contribution in [2.75, 3.05) is 0 Å². The van der Waals surface area contributed by atoms with Gasteiger partial charge in [0.15, 0.2) is 0 Å². The first-order valence-electron chi connectivity index (χ1n) is 6.33. The number of rotatable bonds is 3. The van der Waals surface area contributed by atoms with E-state index in [2.05, 4.69) is 4.18 Å². The van der Waals surface area contributed by atoms with Gasteiger partial charge >= 0.3 is 15.6 Å². The molecule has 0 radical (unpaired) electrons. The van der Waals surface area contributed by atoms with Crippen LogP contribution in [0.1, 0.15) is 37.7 Å². The molecule has 118 valence electrons. The van der Waals surface area contributed by atoms with Gasteiger partial charge in [-0.05, 0) is 44.9 Å². The second-order valence-corrected chi connectivity index (χ2v) is 6.81. The molecule has 0 aromatic carbocycles. The van der Waals surface area contributed by atoms with E-state index in [0.29, 0.717) is 24.4 Å². The van der Waals surface area contributed by atoms with Crippen LogP contribution in [-0.4, -0.2) is 13.9 Å². The van der Waals surface area contributed by atoms with Gasteiger partial charge in [0.2, 0.25) is 0 Å². The van der Waals surface area contributed by atoms with Crippen LogP contribution in [0.5, 0.6) is 0 Å². The number of hydrogen-bond acceptors (Lipinski definition) is 4. The van der Waals surface area contributed by atoms with Crippen molar-refractivity contribution in [3.05, 3.63) is 35.5 Å². The molecule has 0 fully saturated rings. The Bertz CT molecular complexity index is 657. The highest BCUT2D eigenvalue weighted by Gasteiger charge is 2.49. The van der Waals surface area contributed by atoms with E-state index in [9.17, 15) is 21.6 Å². The Morgan fingerprint density at radius 3 is 2.52 bits per heavy atom. The highest BCUT2D eigenvalue weighted by atomic mass is 32.2. The van der Waals surface area contributed by atoms with Gasteiger partial charge in [0.05, 0.1) is 0 Å². The molecule has 1 unspecified atom stereocenters. The normalized spacial score (nSPS) is 23.8. The average molecular weight is 324 g/mol. The summed E-state index contributed by atoms with van der Waals surface area (Å²) in [6.45, 7) is 3.53. The predicted octanol–water partition coefficient (Wildman–Crippen LogP) is 3.78. The molecule has 8 heteroatoms. The predicted molar refractivity (Wildman–Crippen MR) is 68.8 cm³/mol. The summed E-state index contributed by atoms with van der Waals surface area (Å²) in [6, 6.07) is 3.48. The van der Waals surface area contributed by atoms with Gasteiger partial charge in [0.1, 0.15) is 17.3 Å². The molecule has 1 aliphatic carbocycles. The van der Waals surface area contributed by atoms with Crippen molar-refractivity contribution in [3.63, 3.8) is 0 Å². The Morgan fingerprint density at radius 1 is 1.33 bits per heavy atom. The molecule has 1 aromatic rings. The van der Waals surface area contributed by atoms with Crippen LogP contribution < -0.4 is 0 Å². The van der Waals surface area contributed by atoms with Crippen molar-refractivity contribution < 1.29 is 30.2 Å². The molecule has 1 heterocycles. The van der Waals surface area contributed by atoms with Crippen LogP contribution in [0.25, 0.3) is 0 Å². The van der Waals surface area contributed by atoms with E-state index in [1.165, 1.54) is 6.08 Å². The third-order valence-electron chi connectivity index (χ3n) is 3.40. The van der Waals surface area contributed by atoms with Gasteiger partial charge in [-0.2, -0.15) is 21.6 Å². The maximum atomic E-state index is 12.3. The SMILES string of the molecule is Cc1ccc(C2(C)C=C(OS(=O)(=O)C(F)(F)F)CCC2)o1. The van der Waals surface area contributed by atoms with E-state index >= 15 is 0 Å². The topological polar surface area (TPSA) is 56.5 Å². The first-order chi connectivity index (χ1) is 9.53. The molecule has 4 nitrogen and oxygen atoms in total. The number of alkyl halides is 3. The molecule has 0 aliphatic heterocycles. The number of allylic oxidation sites excluding steroid dienone is 2. The fourth-order valence-corrected chi connectivity index (χ4v) is 2.83. The number of hydrogen-bond donors (Lipinski definition) is 0. The zero-order valence-electron chi connectivity index (χ0n) is 11.5. The highest BCUT2D eigenvalue weighted by Crippen LogP contribution is 2.39. The van der Waals surface area contributed by atoms with E-state index in [1.807, 2.05) is 0 Å². The zero-order chi connectivity index (χ0) is 15.9. The van der Waals surface area contributed by atoms with Crippen LogP contribution in [-0.2, 0) is 19.7 Å². The van der Waals surface area contributed by atoms with Crippen LogP contribution in [0.4, 0.5) is 13.2 Å². The van der Waals surface area contributed by atoms with Crippen LogP contribution in [0.15, 0.2) is 28.4 Å². The molecule has 0 saturated heterocycles. The molecule has 0 saturated carbocycles. The van der Waals surface area contributed by atoms with Crippen LogP contribution in [0.3, 0.4) is 0 Å².